The summed E-state index contributed by atoms with van der Waals surface area (Å²) in [6.45, 7) is 17.5. The van der Waals surface area contributed by atoms with Crippen LogP contribution >= 0.6 is 0 Å². The highest BCUT2D eigenvalue weighted by molar-refractivity contribution is 6.43. The number of aromatic amines is 1. The lowest BCUT2D eigenvalue weighted by Gasteiger charge is -2.35. The lowest BCUT2D eigenvalue weighted by molar-refractivity contribution is -0.143. The number of phenolic OH excluding ortho intramolecular Hbond substituents is 1. The Morgan fingerprint density at radius 3 is 1.57 bits per heavy atom. The van der Waals surface area contributed by atoms with Gasteiger partial charge in [0.1, 0.15) is 53.1 Å². The number of Topliss-reactive ketones (excluding diaryl/α,β-unsaturated/α-hetero) is 12. The molecule has 1 aromatic heterocycles. The number of rotatable bonds is 56. The third-order valence-corrected chi connectivity index (χ3v) is 27.3. The molecule has 0 unspecified atom stereocenters. The molecule has 18 atom stereocenters. The maximum absolute atomic E-state index is 15.6. The Bertz CT molecular complexity index is 5250. The van der Waals surface area contributed by atoms with Gasteiger partial charge in [-0.15, -0.1) is 0 Å². The van der Waals surface area contributed by atoms with Gasteiger partial charge in [0.15, 0.2) is 23.1 Å². The second-order valence-electron chi connectivity index (χ2n) is 40.3. The van der Waals surface area contributed by atoms with Crippen molar-refractivity contribution in [1.29, 1.82) is 0 Å². The summed E-state index contributed by atoms with van der Waals surface area (Å²) in [7, 11) is 0. The van der Waals surface area contributed by atoms with Crippen LogP contribution < -0.4 is 103 Å². The summed E-state index contributed by atoms with van der Waals surface area (Å²) in [6.07, 6.45) is 5.47. The van der Waals surface area contributed by atoms with Crippen molar-refractivity contribution in [1.82, 2.24) is 96.0 Å². The molecular formula is C106H160N20O24. The lowest BCUT2D eigenvalue weighted by atomic mass is 9.80. The molecule has 44 nitrogen and oxygen atoms in total. The van der Waals surface area contributed by atoms with E-state index in [0.29, 0.717) is 73.4 Å². The van der Waals surface area contributed by atoms with Crippen LogP contribution in [0.15, 0.2) is 97.2 Å². The maximum atomic E-state index is 15.6. The minimum absolute atomic E-state index is 0.00786. The molecule has 4 aromatic rings. The number of H-pyrrole nitrogens is 1. The highest BCUT2D eigenvalue weighted by Crippen LogP contribution is 2.32. The number of carboxylic acid groups (broad SMARTS) is 1. The summed E-state index contributed by atoms with van der Waals surface area (Å²) in [5, 5.41) is 74.5. The third kappa shape index (κ3) is 43.4. The topological polar surface area (TPSA) is 695 Å². The Morgan fingerprint density at radius 1 is 0.500 bits per heavy atom. The normalized spacial score (nSPS) is 22.0. The van der Waals surface area contributed by atoms with Crippen LogP contribution in [0.1, 0.15) is 247 Å². The molecule has 26 N–H and O–H groups in total. The van der Waals surface area contributed by atoms with E-state index < -0.39 is 247 Å². The summed E-state index contributed by atoms with van der Waals surface area (Å²) in [5.74, 6) is -17.1. The second-order valence-corrected chi connectivity index (χ2v) is 40.3. The van der Waals surface area contributed by atoms with E-state index in [1.165, 1.54) is 45.0 Å². The second kappa shape index (κ2) is 64.6. The number of primary amides is 2. The van der Waals surface area contributed by atoms with E-state index in [1.807, 2.05) is 12.2 Å². The van der Waals surface area contributed by atoms with Crippen LogP contribution in [0.3, 0.4) is 0 Å². The highest BCUT2D eigenvalue weighted by atomic mass is 16.4. The number of carbonyl (C=O) groups is 20. The maximum Gasteiger partial charge on any atom is 0.303 e. The number of hydrogen-bond acceptors (Lipinski definition) is 35. The summed E-state index contributed by atoms with van der Waals surface area (Å²) in [6, 6.07) is 1.36. The van der Waals surface area contributed by atoms with E-state index in [9.17, 15) is 82.8 Å². The molecular weight excluding hydrogens is 1940 g/mol. The van der Waals surface area contributed by atoms with Crippen molar-refractivity contribution in [2.45, 2.75) is 358 Å². The van der Waals surface area contributed by atoms with Gasteiger partial charge >= 0.3 is 5.97 Å². The molecule has 0 saturated heterocycles. The molecule has 6 rings (SSSR count). The zero-order valence-corrected chi connectivity index (χ0v) is 88.4. The number of hydrazine groups is 3. The van der Waals surface area contributed by atoms with Gasteiger partial charge < -0.3 is 84.7 Å². The molecule has 828 valence electrons. The van der Waals surface area contributed by atoms with Crippen LogP contribution in [0, 0.1) is 11.8 Å². The number of aliphatic carboxylic acids is 1. The zero-order chi connectivity index (χ0) is 111. The van der Waals surface area contributed by atoms with Gasteiger partial charge in [-0.25, -0.2) is 32.6 Å². The molecule has 7 amide bonds. The van der Waals surface area contributed by atoms with Gasteiger partial charge in [-0.3, -0.25) is 107 Å². The number of aliphatic hydroxyl groups excluding tert-OH is 2. The van der Waals surface area contributed by atoms with Crippen molar-refractivity contribution < 1.29 is 116 Å². The Balaban J connectivity index is 1.29. The number of nitrogens with two attached hydrogens (primary N) is 2. The van der Waals surface area contributed by atoms with Crippen LogP contribution in [-0.4, -0.2) is 289 Å². The van der Waals surface area contributed by atoms with Gasteiger partial charge in [0.05, 0.1) is 85.2 Å². The number of nitrogens with one attached hydrogen (secondary N) is 18. The first-order valence-electron chi connectivity index (χ1n) is 52.0. The molecule has 44 heteroatoms. The smallest absolute Gasteiger partial charge is 0.303 e. The van der Waals surface area contributed by atoms with Crippen molar-refractivity contribution >= 4 is 128 Å². The van der Waals surface area contributed by atoms with Crippen LogP contribution in [-0.2, 0) is 115 Å². The fourth-order valence-corrected chi connectivity index (χ4v) is 17.1. The predicted molar refractivity (Wildman–Crippen MR) is 559 cm³/mol. The van der Waals surface area contributed by atoms with Crippen LogP contribution in [0.4, 0.5) is 0 Å². The van der Waals surface area contributed by atoms with Crippen molar-refractivity contribution in [3.63, 3.8) is 0 Å². The number of phenols is 1. The number of para-hydroxylation sites is 1. The van der Waals surface area contributed by atoms with E-state index in [1.54, 1.807) is 123 Å². The third-order valence-electron chi connectivity index (χ3n) is 27.3. The van der Waals surface area contributed by atoms with E-state index in [4.69, 9.17) is 11.5 Å². The predicted octanol–water partition coefficient (Wildman–Crippen LogP) is 0.531. The van der Waals surface area contributed by atoms with Gasteiger partial charge in [0.2, 0.25) is 76.0 Å². The van der Waals surface area contributed by atoms with Gasteiger partial charge in [-0.1, -0.05) is 125 Å². The molecule has 2 heterocycles. The Kier molecular flexibility index (Phi) is 54.6. The van der Waals surface area contributed by atoms with E-state index in [-0.39, 0.29) is 149 Å². The summed E-state index contributed by atoms with van der Waals surface area (Å²) >= 11 is 0. The van der Waals surface area contributed by atoms with Crippen LogP contribution in [0.2, 0.25) is 0 Å². The lowest BCUT2D eigenvalue weighted by Crippen LogP contribution is -2.66. The van der Waals surface area contributed by atoms with Gasteiger partial charge in [0, 0.05) is 95.3 Å². The molecule has 3 aromatic carbocycles. The van der Waals surface area contributed by atoms with Crippen LogP contribution in [0.5, 0.6) is 5.75 Å². The number of carboxylic acids is 1. The van der Waals surface area contributed by atoms with Crippen molar-refractivity contribution in [2.75, 3.05) is 39.5 Å². The van der Waals surface area contributed by atoms with Gasteiger partial charge in [-0.2, -0.15) is 0 Å². The molecule has 1 aliphatic carbocycles. The average molecular weight is 2100 g/mol. The van der Waals surface area contributed by atoms with Crippen LogP contribution in [0.25, 0.3) is 10.9 Å². The minimum atomic E-state index is -2.06. The van der Waals surface area contributed by atoms with Crippen molar-refractivity contribution in [3.05, 3.63) is 114 Å². The number of amides is 7. The summed E-state index contributed by atoms with van der Waals surface area (Å²) < 4.78 is 0. The summed E-state index contributed by atoms with van der Waals surface area (Å²) in [4.78, 5) is 283. The van der Waals surface area contributed by atoms with Crippen molar-refractivity contribution in [2.24, 2.45) is 23.3 Å². The number of ketones is 12. The number of allylic oxidation sites excluding steroid dienone is 2. The molecule has 150 heavy (non-hydrogen) atoms. The quantitative estimate of drug-likeness (QED) is 0.0124. The highest BCUT2D eigenvalue weighted by Gasteiger charge is 2.45. The Morgan fingerprint density at radius 2 is 1.02 bits per heavy atom. The number of benzene rings is 3. The molecule has 1 fully saturated rings. The van der Waals surface area contributed by atoms with Gasteiger partial charge in [-0.05, 0) is 193 Å². The minimum Gasteiger partial charge on any atom is -0.508 e. The fraction of sp³-hybridized carbons (Fsp3) is 0.604. The first kappa shape index (κ1) is 127. The number of aliphatic hydroxyl groups is 2. The molecule has 0 radical (unpaired) electrons. The first-order valence-corrected chi connectivity index (χ1v) is 52.0. The standard InChI is InChI=1S/C106H160N20O24/c1-61(2)52-82(116-69(10)129)102(148)119-93(68(9)128)99(145)97(143)80(53-70-28-21-20-22-29-70)125-126-106(12)48-26-19-17-15-13-14-16-18-25-47-105(11,90(136)58-112-65(6)89(135)46-51-111-64(5)88(134)45-50-110-63(4)87(133)44-49-109-62(3)85(131)40-41-86(132)66(7)114-60-115-67(8)100(108)146)120-103(149)83(55-71-30-27-31-71)124-121-78(38-42-91(107)137)101(147)117-84(59-127)98(144)96(142)81(56-73-57-113-76-33-24-23-32-75(73)76)123-122-79(54-72-34-36-74(130)37-35-72)95(141)94(140)77(118-104(106)150)39-43-92(138)139/h14,16,20-24,28-29,32-37,57,61-68,71,77-84,93,109-115,121-128,130H,13,15,17-19,25-27,30-31,38-56,58-60H2,1-12H3,(H2,107,137)(H2,108,146)(H,116,129)(H,117,147)(H,118,150)(H,119,148)(H,120,149)(H,138,139)/b16-14+/t62-,63-,64-,65-,66-,67+,68+,77-,78-,79-,80-,81-,82-,83-,84-,93-,105-,106+/m0/s1. The monoisotopic (exact) mass is 2100 g/mol. The molecule has 1 aliphatic heterocycles. The number of hydrogen-bond donors (Lipinski definition) is 24. The molecule has 2 aliphatic rings. The van der Waals surface area contributed by atoms with E-state index in [0.717, 1.165) is 6.42 Å². The van der Waals surface area contributed by atoms with E-state index in [2.05, 4.69) is 96.0 Å². The SMILES string of the molecule is CC(=O)N[C@@H](CC(C)C)C(=O)N[C@H](C(=O)C(=O)[C@H](Cc1ccccc1)NN[C@]1(C)CCCCCC/C=C/CCC[C@@](C)(C(=O)CN[C@@H](C)C(=O)CCN[C@@H](C)C(=O)CCN[C@@H](C)C(=O)CCN[C@@H](C)C(=O)CCC(=O)[C@H](C)NCN[C@H](C)C(N)=O)NC(=O)[C@H](CC2CCC2)NN[C@@H](CCC(N)=O)C(=O)N[C@@H](CO)C(=O)C(=O)[C@H](Cc2c[nH]c3ccccc23)NN[C@@H](Cc2ccc(O)cc2)C(=O)C(=O)[C@H](CCC(=O)O)NC1=O)[C@@H](C)O. The first-order chi connectivity index (χ1) is 71.0. The molecule has 0 spiro atoms. The fourth-order valence-electron chi connectivity index (χ4n) is 17.1. The van der Waals surface area contributed by atoms with Crippen molar-refractivity contribution in [3.8, 4) is 5.75 Å². The molecule has 1 saturated carbocycles. The largest absolute Gasteiger partial charge is 0.508 e. The zero-order valence-electron chi connectivity index (χ0n) is 88.4. The number of carbonyl (C=O) groups excluding carboxylic acids is 19. The Hall–Kier alpha value is -12.0. The molecule has 0 bridgehead atoms. The number of aromatic nitrogens is 1. The number of aromatic hydroxyl groups is 1. The number of fused-ring (bicyclic) bond motifs is 1. The van der Waals surface area contributed by atoms with E-state index >= 15 is 33.6 Å². The Labute approximate surface area is 875 Å². The average Bonchev–Trinajstić information content (AvgIpc) is 1.56. The van der Waals surface area contributed by atoms with Gasteiger partial charge in [0.25, 0.3) is 0 Å². The summed E-state index contributed by atoms with van der Waals surface area (Å²) in [5.41, 5.74) is 26.2.